The predicted molar refractivity (Wildman–Crippen MR) is 115 cm³/mol. The smallest absolute Gasteiger partial charge is 0.0722 e. The van der Waals surface area contributed by atoms with Crippen LogP contribution in [0, 0.1) is 6.92 Å². The zero-order chi connectivity index (χ0) is 18.2. The van der Waals surface area contributed by atoms with E-state index in [1.807, 2.05) is 0 Å². The minimum absolute atomic E-state index is 1.01. The van der Waals surface area contributed by atoms with Crippen LogP contribution in [-0.4, -0.2) is 4.98 Å². The van der Waals surface area contributed by atoms with Gasteiger partial charge in [0.25, 0.3) is 0 Å². The maximum atomic E-state index is 5.01. The summed E-state index contributed by atoms with van der Waals surface area (Å²) in [5.74, 6) is 0. The summed E-state index contributed by atoms with van der Waals surface area (Å²) in [6.07, 6.45) is 0. The van der Waals surface area contributed by atoms with E-state index in [9.17, 15) is 0 Å². The number of pyridine rings is 1. The van der Waals surface area contributed by atoms with Crippen LogP contribution in [0.3, 0.4) is 0 Å². The highest BCUT2D eigenvalue weighted by molar-refractivity contribution is 6.13. The second-order valence-electron chi connectivity index (χ2n) is 6.97. The van der Waals surface area contributed by atoms with Gasteiger partial charge in [0.15, 0.2) is 0 Å². The van der Waals surface area contributed by atoms with Crippen molar-refractivity contribution < 1.29 is 0 Å². The Morgan fingerprint density at radius 2 is 1.37 bits per heavy atom. The lowest BCUT2D eigenvalue weighted by Crippen LogP contribution is -1.91. The van der Waals surface area contributed by atoms with E-state index >= 15 is 0 Å². The lowest BCUT2D eigenvalue weighted by molar-refractivity contribution is 1.39. The van der Waals surface area contributed by atoms with E-state index in [1.54, 1.807) is 0 Å². The van der Waals surface area contributed by atoms with Gasteiger partial charge in [-0.1, -0.05) is 90.5 Å². The summed E-state index contributed by atoms with van der Waals surface area (Å²) in [7, 11) is 0. The molecule has 128 valence electrons. The summed E-state index contributed by atoms with van der Waals surface area (Å²) in [5, 5.41) is 3.71. The van der Waals surface area contributed by atoms with Gasteiger partial charge in [-0.3, -0.25) is 0 Å². The average Bonchev–Trinajstić information content (AvgIpc) is 2.74. The number of aromatic nitrogens is 1. The second kappa shape index (κ2) is 6.37. The fourth-order valence-electron chi connectivity index (χ4n) is 3.72. The molecule has 0 saturated heterocycles. The van der Waals surface area contributed by atoms with Crippen molar-refractivity contribution in [2.45, 2.75) is 6.92 Å². The van der Waals surface area contributed by atoms with E-state index in [2.05, 4.69) is 104 Å². The van der Waals surface area contributed by atoms with Gasteiger partial charge in [0.05, 0.1) is 11.2 Å². The van der Waals surface area contributed by atoms with E-state index in [0.29, 0.717) is 0 Å². The van der Waals surface area contributed by atoms with Crippen LogP contribution in [-0.2, 0) is 0 Å². The molecule has 0 radical (unpaired) electrons. The van der Waals surface area contributed by atoms with Crippen LogP contribution in [0.15, 0.2) is 97.1 Å². The zero-order valence-electron chi connectivity index (χ0n) is 15.2. The SMILES string of the molecule is Cc1ccc(-c2cc(-c3ccccc3)c3c(ccc4ccccc43)n2)cc1. The highest BCUT2D eigenvalue weighted by Gasteiger charge is 2.12. The molecular weight excluding hydrogens is 326 g/mol. The molecule has 4 aromatic carbocycles. The molecule has 1 nitrogen and oxygen atoms in total. The predicted octanol–water partition coefficient (Wildman–Crippen LogP) is 7.03. The third-order valence-electron chi connectivity index (χ3n) is 5.13. The van der Waals surface area contributed by atoms with Crippen LogP contribution in [0.25, 0.3) is 44.1 Å². The van der Waals surface area contributed by atoms with Crippen molar-refractivity contribution in [1.29, 1.82) is 0 Å². The second-order valence-corrected chi connectivity index (χ2v) is 6.97. The lowest BCUT2D eigenvalue weighted by Gasteiger charge is -2.13. The van der Waals surface area contributed by atoms with Crippen LogP contribution < -0.4 is 0 Å². The lowest BCUT2D eigenvalue weighted by atomic mass is 9.94. The van der Waals surface area contributed by atoms with Crippen molar-refractivity contribution in [3.8, 4) is 22.4 Å². The minimum atomic E-state index is 1.01. The van der Waals surface area contributed by atoms with Gasteiger partial charge in [-0.05, 0) is 41.0 Å². The van der Waals surface area contributed by atoms with E-state index in [4.69, 9.17) is 4.98 Å². The molecule has 5 rings (SSSR count). The Morgan fingerprint density at radius 3 is 2.19 bits per heavy atom. The third kappa shape index (κ3) is 2.78. The molecule has 5 aromatic rings. The molecule has 0 aliphatic rings. The average molecular weight is 345 g/mol. The zero-order valence-corrected chi connectivity index (χ0v) is 15.2. The van der Waals surface area contributed by atoms with Crippen LogP contribution in [0.4, 0.5) is 0 Å². The van der Waals surface area contributed by atoms with Gasteiger partial charge in [0.1, 0.15) is 0 Å². The largest absolute Gasteiger partial charge is 0.248 e. The van der Waals surface area contributed by atoms with Gasteiger partial charge in [-0.2, -0.15) is 0 Å². The van der Waals surface area contributed by atoms with E-state index < -0.39 is 0 Å². The fraction of sp³-hybridized carbons (Fsp3) is 0.0385. The Bertz CT molecular complexity index is 1250. The summed E-state index contributed by atoms with van der Waals surface area (Å²) in [4.78, 5) is 5.01. The molecule has 0 bridgehead atoms. The molecule has 0 atom stereocenters. The quantitative estimate of drug-likeness (QED) is 0.313. The van der Waals surface area contributed by atoms with Gasteiger partial charge in [-0.15, -0.1) is 0 Å². The van der Waals surface area contributed by atoms with E-state index in [0.717, 1.165) is 16.8 Å². The summed E-state index contributed by atoms with van der Waals surface area (Å²) < 4.78 is 0. The van der Waals surface area contributed by atoms with Crippen LogP contribution >= 0.6 is 0 Å². The van der Waals surface area contributed by atoms with Crippen molar-refractivity contribution >= 4 is 21.7 Å². The van der Waals surface area contributed by atoms with Crippen molar-refractivity contribution in [2.75, 3.05) is 0 Å². The van der Waals surface area contributed by atoms with Gasteiger partial charge >= 0.3 is 0 Å². The van der Waals surface area contributed by atoms with Crippen molar-refractivity contribution in [3.05, 3.63) is 103 Å². The first kappa shape index (κ1) is 15.8. The molecule has 1 aromatic heterocycles. The normalized spacial score (nSPS) is 11.1. The monoisotopic (exact) mass is 345 g/mol. The minimum Gasteiger partial charge on any atom is -0.248 e. The van der Waals surface area contributed by atoms with Gasteiger partial charge < -0.3 is 0 Å². The summed E-state index contributed by atoms with van der Waals surface area (Å²) >= 11 is 0. The first-order valence-corrected chi connectivity index (χ1v) is 9.24. The molecule has 1 heterocycles. The van der Waals surface area contributed by atoms with Crippen LogP contribution in [0.2, 0.25) is 0 Å². The van der Waals surface area contributed by atoms with Gasteiger partial charge in [0.2, 0.25) is 0 Å². The maximum absolute atomic E-state index is 5.01. The molecule has 0 aliphatic carbocycles. The highest BCUT2D eigenvalue weighted by atomic mass is 14.7. The molecule has 27 heavy (non-hydrogen) atoms. The molecule has 0 fully saturated rings. The fourth-order valence-corrected chi connectivity index (χ4v) is 3.72. The molecule has 0 unspecified atom stereocenters. The van der Waals surface area contributed by atoms with E-state index in [1.165, 1.54) is 32.8 Å². The van der Waals surface area contributed by atoms with Crippen LogP contribution in [0.5, 0.6) is 0 Å². The van der Waals surface area contributed by atoms with E-state index in [-0.39, 0.29) is 0 Å². The summed E-state index contributed by atoms with van der Waals surface area (Å²) in [6.45, 7) is 2.11. The molecule has 0 amide bonds. The number of nitrogens with zero attached hydrogens (tertiary/aromatic N) is 1. The van der Waals surface area contributed by atoms with Gasteiger partial charge in [-0.25, -0.2) is 4.98 Å². The molecule has 0 spiro atoms. The number of fused-ring (bicyclic) bond motifs is 3. The topological polar surface area (TPSA) is 12.9 Å². The molecule has 1 heteroatoms. The number of aryl methyl sites for hydroxylation is 1. The molecule has 0 aliphatic heterocycles. The summed E-state index contributed by atoms with van der Waals surface area (Å²) in [5.41, 5.74) is 6.89. The molecular formula is C26H19N. The highest BCUT2D eigenvalue weighted by Crippen LogP contribution is 2.36. The Kier molecular flexibility index (Phi) is 3.72. The molecule has 0 saturated carbocycles. The van der Waals surface area contributed by atoms with Gasteiger partial charge in [0, 0.05) is 10.9 Å². The summed E-state index contributed by atoms with van der Waals surface area (Å²) in [6, 6.07) is 34.3. The van der Waals surface area contributed by atoms with Crippen molar-refractivity contribution in [3.63, 3.8) is 0 Å². The Labute approximate surface area is 158 Å². The Hall–Kier alpha value is -3.45. The Morgan fingerprint density at radius 1 is 0.630 bits per heavy atom. The Balaban J connectivity index is 1.88. The number of benzene rings is 4. The number of hydrogen-bond donors (Lipinski definition) is 0. The first-order valence-electron chi connectivity index (χ1n) is 9.24. The van der Waals surface area contributed by atoms with Crippen molar-refractivity contribution in [1.82, 2.24) is 4.98 Å². The number of hydrogen-bond acceptors (Lipinski definition) is 1. The maximum Gasteiger partial charge on any atom is 0.0722 e. The van der Waals surface area contributed by atoms with Crippen molar-refractivity contribution in [2.24, 2.45) is 0 Å². The first-order chi connectivity index (χ1) is 13.3. The van der Waals surface area contributed by atoms with Crippen LogP contribution in [0.1, 0.15) is 5.56 Å². The number of rotatable bonds is 2. The molecule has 0 N–H and O–H groups in total. The standard InChI is InChI=1S/C26H19N/c1-18-11-13-21(14-12-18)25-17-23(19-7-3-2-4-8-19)26-22-10-6-5-9-20(22)15-16-24(26)27-25/h2-17H,1H3. The third-order valence-corrected chi connectivity index (χ3v) is 5.13.